The normalized spacial score (nSPS) is 10.2. The van der Waals surface area contributed by atoms with E-state index in [0.717, 1.165) is 5.88 Å². The Morgan fingerprint density at radius 1 is 0.450 bits per heavy atom. The first-order chi connectivity index (χ1) is 9.83. The van der Waals surface area contributed by atoms with Crippen LogP contribution in [0, 0.1) is 0 Å². The molecule has 0 heterocycles. The highest BCUT2D eigenvalue weighted by Gasteiger charge is 1.93. The van der Waals surface area contributed by atoms with E-state index < -0.39 is 0 Å². The zero-order valence-electron chi connectivity index (χ0n) is 13.4. The lowest BCUT2D eigenvalue weighted by Gasteiger charge is -2.02. The Hall–Kier alpha value is 0.870. The predicted molar refractivity (Wildman–Crippen MR) is 97.6 cm³/mol. The molecule has 0 aromatic carbocycles. The molecule has 0 fully saturated rings. The molecule has 0 N–H and O–H groups in total. The fraction of sp³-hybridized carbons (Fsp3) is 1.00. The van der Waals surface area contributed by atoms with Gasteiger partial charge in [0, 0.05) is 5.88 Å². The maximum absolute atomic E-state index is 5.64. The van der Waals surface area contributed by atoms with Crippen molar-refractivity contribution in [2.45, 2.75) is 96.8 Å². The molecule has 0 atom stereocenters. The molecule has 0 rings (SSSR count). The third-order valence-corrected chi connectivity index (χ3v) is 3.75. The third kappa shape index (κ3) is 27.3. The third-order valence-electron chi connectivity index (χ3n) is 3.49. The molecule has 0 aromatic heterocycles. The van der Waals surface area contributed by atoms with E-state index in [1.165, 1.54) is 89.9 Å². The van der Waals surface area contributed by atoms with Crippen LogP contribution in [0.1, 0.15) is 96.8 Å². The molecule has 0 unspecified atom stereocenters. The van der Waals surface area contributed by atoms with E-state index in [0.29, 0.717) is 0 Å². The summed E-state index contributed by atoms with van der Waals surface area (Å²) in [4.78, 5) is 0. The van der Waals surface area contributed by atoms with E-state index >= 15 is 0 Å². The molecule has 0 aliphatic rings. The largest absolute Gasteiger partial charge is 0.127 e. The van der Waals surface area contributed by atoms with Crippen molar-refractivity contribution >= 4 is 34.8 Å². The lowest BCUT2D eigenvalue weighted by atomic mass is 10.0. The molecule has 124 valence electrons. The van der Waals surface area contributed by atoms with Crippen LogP contribution in [0.2, 0.25) is 0 Å². The number of halogens is 3. The van der Waals surface area contributed by atoms with Crippen LogP contribution in [0.15, 0.2) is 0 Å². The van der Waals surface area contributed by atoms with Crippen LogP contribution in [0.5, 0.6) is 0 Å². The number of hydrogen-bond acceptors (Lipinski definition) is 0. The lowest BCUT2D eigenvalue weighted by molar-refractivity contribution is 0.538. The molecule has 20 heavy (non-hydrogen) atoms. The van der Waals surface area contributed by atoms with Crippen molar-refractivity contribution in [2.75, 3.05) is 11.2 Å². The summed E-state index contributed by atoms with van der Waals surface area (Å²) >= 11 is 15.2. The SMILES string of the molecule is CCCCCCCCCCCCCCCCCl.ClCCl. The summed E-state index contributed by atoms with van der Waals surface area (Å²) in [5.74, 6) is 0.845. The Morgan fingerprint density at radius 2 is 0.700 bits per heavy atom. The monoisotopic (exact) mass is 344 g/mol. The summed E-state index contributed by atoms with van der Waals surface area (Å²) < 4.78 is 0. The van der Waals surface area contributed by atoms with E-state index in [4.69, 9.17) is 34.8 Å². The van der Waals surface area contributed by atoms with E-state index in [1.807, 2.05) is 0 Å². The number of unbranched alkanes of at least 4 members (excludes halogenated alkanes) is 13. The van der Waals surface area contributed by atoms with Gasteiger partial charge in [0.1, 0.15) is 0 Å². The van der Waals surface area contributed by atoms with Gasteiger partial charge in [-0.3, -0.25) is 0 Å². The maximum Gasteiger partial charge on any atom is 0.0967 e. The zero-order chi connectivity index (χ0) is 15.3. The van der Waals surface area contributed by atoms with Crippen molar-refractivity contribution in [1.82, 2.24) is 0 Å². The Morgan fingerprint density at radius 3 is 0.950 bits per heavy atom. The summed E-state index contributed by atoms with van der Waals surface area (Å²) in [6, 6.07) is 0. The highest BCUT2D eigenvalue weighted by atomic mass is 35.5. The summed E-state index contributed by atoms with van der Waals surface area (Å²) in [6.07, 6.45) is 19.8. The van der Waals surface area contributed by atoms with Gasteiger partial charge in [-0.1, -0.05) is 90.4 Å². The molecule has 0 aliphatic carbocycles. The molecule has 0 bridgehead atoms. The van der Waals surface area contributed by atoms with Gasteiger partial charge in [0.15, 0.2) is 0 Å². The van der Waals surface area contributed by atoms with E-state index in [-0.39, 0.29) is 5.34 Å². The predicted octanol–water partition coefficient (Wildman–Crippen LogP) is 8.13. The van der Waals surface area contributed by atoms with Gasteiger partial charge in [0.05, 0.1) is 5.34 Å². The first-order valence-corrected chi connectivity index (χ1v) is 10.1. The summed E-state index contributed by atoms with van der Waals surface area (Å²) in [7, 11) is 0. The fourth-order valence-corrected chi connectivity index (χ4v) is 2.48. The first kappa shape index (κ1) is 23.1. The molecule has 0 spiro atoms. The minimum Gasteiger partial charge on any atom is -0.127 e. The van der Waals surface area contributed by atoms with Crippen molar-refractivity contribution < 1.29 is 0 Å². The average Bonchev–Trinajstić information content (AvgIpc) is 2.45. The minimum atomic E-state index is 0.194. The fourth-order valence-electron chi connectivity index (χ4n) is 2.29. The summed E-state index contributed by atoms with van der Waals surface area (Å²) in [5.41, 5.74) is 0. The molecule has 0 amide bonds. The van der Waals surface area contributed by atoms with Crippen LogP contribution in [0.3, 0.4) is 0 Å². The quantitative estimate of drug-likeness (QED) is 0.220. The molecule has 0 aromatic rings. The Balaban J connectivity index is 0. The molecule has 0 saturated carbocycles. The zero-order valence-corrected chi connectivity index (χ0v) is 15.7. The summed E-state index contributed by atoms with van der Waals surface area (Å²) in [5, 5.41) is 0.194. The van der Waals surface area contributed by atoms with E-state index in [9.17, 15) is 0 Å². The van der Waals surface area contributed by atoms with Gasteiger partial charge in [-0.25, -0.2) is 0 Å². The van der Waals surface area contributed by atoms with Gasteiger partial charge in [0.2, 0.25) is 0 Å². The molecular weight excluding hydrogens is 311 g/mol. The van der Waals surface area contributed by atoms with Gasteiger partial charge >= 0.3 is 0 Å². The van der Waals surface area contributed by atoms with Crippen molar-refractivity contribution in [1.29, 1.82) is 0 Å². The van der Waals surface area contributed by atoms with Crippen LogP contribution >= 0.6 is 34.8 Å². The second-order valence-corrected chi connectivity index (χ2v) is 6.57. The van der Waals surface area contributed by atoms with Crippen molar-refractivity contribution in [2.24, 2.45) is 0 Å². The average molecular weight is 346 g/mol. The molecule has 0 nitrogen and oxygen atoms in total. The smallest absolute Gasteiger partial charge is 0.0967 e. The number of alkyl halides is 3. The number of rotatable bonds is 14. The van der Waals surface area contributed by atoms with Crippen LogP contribution in [0.25, 0.3) is 0 Å². The maximum atomic E-state index is 5.64. The van der Waals surface area contributed by atoms with Crippen molar-refractivity contribution in [3.8, 4) is 0 Å². The topological polar surface area (TPSA) is 0 Å². The molecule has 3 heteroatoms. The molecule has 0 radical (unpaired) electrons. The Kier molecular flexibility index (Phi) is 28.8. The van der Waals surface area contributed by atoms with Gasteiger partial charge < -0.3 is 0 Å². The Labute approximate surface area is 142 Å². The highest BCUT2D eigenvalue weighted by molar-refractivity contribution is 6.40. The van der Waals surface area contributed by atoms with E-state index in [2.05, 4.69) is 6.92 Å². The van der Waals surface area contributed by atoms with Gasteiger partial charge in [-0.15, -0.1) is 34.8 Å². The number of hydrogen-bond donors (Lipinski definition) is 0. The second kappa shape index (κ2) is 24.9. The van der Waals surface area contributed by atoms with Gasteiger partial charge in [-0.05, 0) is 6.42 Å². The minimum absolute atomic E-state index is 0.194. The standard InChI is InChI=1S/C16H33Cl.CH2Cl2/c1-2-3-4-5-6-7-8-9-10-11-12-13-14-15-16-17;2-1-3/h2-16H2,1H3;1H2. The van der Waals surface area contributed by atoms with Crippen LogP contribution < -0.4 is 0 Å². The molecule has 0 saturated heterocycles. The lowest BCUT2D eigenvalue weighted by Crippen LogP contribution is -1.83. The van der Waals surface area contributed by atoms with Gasteiger partial charge in [-0.2, -0.15) is 0 Å². The highest BCUT2D eigenvalue weighted by Crippen LogP contribution is 2.12. The van der Waals surface area contributed by atoms with E-state index in [1.54, 1.807) is 0 Å². The second-order valence-electron chi connectivity index (χ2n) is 5.39. The van der Waals surface area contributed by atoms with Gasteiger partial charge in [0.25, 0.3) is 0 Å². The molecular formula is C17H35Cl3. The summed E-state index contributed by atoms with van der Waals surface area (Å²) in [6.45, 7) is 2.28. The van der Waals surface area contributed by atoms with Crippen LogP contribution in [0.4, 0.5) is 0 Å². The van der Waals surface area contributed by atoms with Crippen LogP contribution in [-0.2, 0) is 0 Å². The van der Waals surface area contributed by atoms with Crippen molar-refractivity contribution in [3.63, 3.8) is 0 Å². The van der Waals surface area contributed by atoms with Crippen molar-refractivity contribution in [3.05, 3.63) is 0 Å². The molecule has 0 aliphatic heterocycles. The Bertz CT molecular complexity index is 126. The van der Waals surface area contributed by atoms with Crippen LogP contribution in [-0.4, -0.2) is 11.2 Å². The first-order valence-electron chi connectivity index (χ1n) is 8.51.